The van der Waals surface area contributed by atoms with Crippen molar-refractivity contribution < 1.29 is 9.47 Å². The Labute approximate surface area is 172 Å². The van der Waals surface area contributed by atoms with Crippen molar-refractivity contribution in [1.82, 2.24) is 5.01 Å². The zero-order valence-corrected chi connectivity index (χ0v) is 17.0. The van der Waals surface area contributed by atoms with Gasteiger partial charge < -0.3 is 9.47 Å². The zero-order valence-electron chi connectivity index (χ0n) is 15.4. The van der Waals surface area contributed by atoms with Crippen molar-refractivity contribution in [1.29, 1.82) is 0 Å². The summed E-state index contributed by atoms with van der Waals surface area (Å²) in [6, 6.07) is 24.7. The summed E-state index contributed by atoms with van der Waals surface area (Å²) in [4.78, 5) is 0. The molecule has 0 unspecified atom stereocenters. The highest BCUT2D eigenvalue weighted by Crippen LogP contribution is 2.48. The normalized spacial score (nSPS) is 20.1. The predicted octanol–water partition coefficient (Wildman–Crippen LogP) is 5.70. The molecule has 28 heavy (non-hydrogen) atoms. The number of halogens is 1. The van der Waals surface area contributed by atoms with E-state index in [1.54, 1.807) is 7.11 Å². The first-order valence-electron chi connectivity index (χ1n) is 9.24. The van der Waals surface area contributed by atoms with Crippen LogP contribution < -0.4 is 9.47 Å². The van der Waals surface area contributed by atoms with Gasteiger partial charge in [0.05, 0.1) is 18.9 Å². The third-order valence-electron chi connectivity index (χ3n) is 5.26. The second-order valence-electron chi connectivity index (χ2n) is 6.94. The van der Waals surface area contributed by atoms with Crippen LogP contribution in [0.3, 0.4) is 0 Å². The molecule has 0 N–H and O–H groups in total. The topological polar surface area (TPSA) is 34.1 Å². The Kier molecular flexibility index (Phi) is 4.32. The lowest BCUT2D eigenvalue weighted by Gasteiger charge is -2.38. The van der Waals surface area contributed by atoms with Gasteiger partial charge >= 0.3 is 0 Å². The van der Waals surface area contributed by atoms with Crippen molar-refractivity contribution in [2.24, 2.45) is 5.10 Å². The first-order chi connectivity index (χ1) is 13.7. The Balaban J connectivity index is 1.59. The maximum Gasteiger partial charge on any atom is 0.213 e. The lowest BCUT2D eigenvalue weighted by atomic mass is 9.96. The molecule has 5 rings (SSSR count). The number of methoxy groups -OCH3 is 1. The molecular weight excluding hydrogens is 416 g/mol. The molecule has 2 aliphatic rings. The van der Waals surface area contributed by atoms with Crippen molar-refractivity contribution in [2.75, 3.05) is 7.11 Å². The predicted molar refractivity (Wildman–Crippen MR) is 113 cm³/mol. The lowest BCUT2D eigenvalue weighted by Crippen LogP contribution is -2.33. The maximum absolute atomic E-state index is 6.40. The fourth-order valence-corrected chi connectivity index (χ4v) is 4.23. The summed E-state index contributed by atoms with van der Waals surface area (Å²) >= 11 is 3.60. The molecule has 0 amide bonds. The van der Waals surface area contributed by atoms with Gasteiger partial charge in [-0.3, -0.25) is 0 Å². The van der Waals surface area contributed by atoms with Crippen molar-refractivity contribution in [3.05, 3.63) is 94.0 Å². The molecule has 5 heteroatoms. The molecule has 0 aromatic heterocycles. The van der Waals surface area contributed by atoms with Crippen molar-refractivity contribution >= 4 is 21.6 Å². The van der Waals surface area contributed by atoms with E-state index in [9.17, 15) is 0 Å². The third kappa shape index (κ3) is 2.96. The molecule has 3 aromatic rings. The quantitative estimate of drug-likeness (QED) is 0.529. The third-order valence-corrected chi connectivity index (χ3v) is 5.75. The molecule has 2 atom stereocenters. The molecule has 2 heterocycles. The van der Waals surface area contributed by atoms with Crippen LogP contribution in [0.5, 0.6) is 11.5 Å². The molecular formula is C23H19BrN2O2. The van der Waals surface area contributed by atoms with E-state index in [0.29, 0.717) is 0 Å². The molecule has 0 saturated heterocycles. The minimum atomic E-state index is -0.272. The first kappa shape index (κ1) is 17.3. The molecule has 0 radical (unpaired) electrons. The fourth-order valence-electron chi connectivity index (χ4n) is 3.85. The van der Waals surface area contributed by atoms with E-state index in [0.717, 1.165) is 44.8 Å². The average Bonchev–Trinajstić information content (AvgIpc) is 3.20. The maximum atomic E-state index is 6.40. The van der Waals surface area contributed by atoms with Gasteiger partial charge in [0.25, 0.3) is 0 Å². The Hall–Kier alpha value is -2.79. The van der Waals surface area contributed by atoms with E-state index >= 15 is 0 Å². The largest absolute Gasteiger partial charge is 0.497 e. The van der Waals surface area contributed by atoms with E-state index in [-0.39, 0.29) is 12.3 Å². The van der Waals surface area contributed by atoms with Crippen molar-refractivity contribution in [3.63, 3.8) is 0 Å². The summed E-state index contributed by atoms with van der Waals surface area (Å²) in [5, 5.41) is 7.08. The van der Waals surface area contributed by atoms with Crippen LogP contribution in [0, 0.1) is 0 Å². The second kappa shape index (κ2) is 6.99. The highest BCUT2D eigenvalue weighted by Gasteiger charge is 2.41. The number of ether oxygens (including phenoxy) is 2. The SMILES string of the molecule is COc1ccc([C@@H]2Oc3ccc(Br)cc3[C@H]3CC(c4ccccc4)=NN32)cc1. The van der Waals surface area contributed by atoms with Crippen LogP contribution in [0.1, 0.15) is 35.4 Å². The summed E-state index contributed by atoms with van der Waals surface area (Å²) in [7, 11) is 1.67. The van der Waals surface area contributed by atoms with Crippen LogP contribution in [-0.2, 0) is 0 Å². The molecule has 3 aromatic carbocycles. The minimum Gasteiger partial charge on any atom is -0.497 e. The Morgan fingerprint density at radius 1 is 1.04 bits per heavy atom. The highest BCUT2D eigenvalue weighted by molar-refractivity contribution is 9.10. The van der Waals surface area contributed by atoms with Crippen LogP contribution in [0.2, 0.25) is 0 Å². The molecule has 4 nitrogen and oxygen atoms in total. The number of nitrogens with zero attached hydrogens (tertiary/aromatic N) is 2. The van der Waals surface area contributed by atoms with Gasteiger partial charge in [-0.15, -0.1) is 0 Å². The monoisotopic (exact) mass is 434 g/mol. The number of hydrazone groups is 1. The van der Waals surface area contributed by atoms with E-state index < -0.39 is 0 Å². The van der Waals surface area contributed by atoms with E-state index in [2.05, 4.69) is 51.3 Å². The molecule has 2 aliphatic heterocycles. The zero-order chi connectivity index (χ0) is 19.1. The van der Waals surface area contributed by atoms with Crippen LogP contribution in [0.4, 0.5) is 0 Å². The van der Waals surface area contributed by atoms with E-state index in [1.807, 2.05) is 42.5 Å². The Bertz CT molecular complexity index is 1030. The average molecular weight is 435 g/mol. The van der Waals surface area contributed by atoms with E-state index in [1.165, 1.54) is 0 Å². The number of rotatable bonds is 3. The molecule has 0 fully saturated rings. The van der Waals surface area contributed by atoms with Crippen LogP contribution >= 0.6 is 15.9 Å². The number of hydrogen-bond donors (Lipinski definition) is 0. The number of benzene rings is 3. The van der Waals surface area contributed by atoms with Gasteiger partial charge in [-0.1, -0.05) is 46.3 Å². The highest BCUT2D eigenvalue weighted by atomic mass is 79.9. The molecule has 140 valence electrons. The second-order valence-corrected chi connectivity index (χ2v) is 7.85. The first-order valence-corrected chi connectivity index (χ1v) is 10.0. The van der Waals surface area contributed by atoms with Gasteiger partial charge in [0.2, 0.25) is 6.23 Å². The number of fused-ring (bicyclic) bond motifs is 3. The Morgan fingerprint density at radius 3 is 2.57 bits per heavy atom. The molecule has 0 bridgehead atoms. The van der Waals surface area contributed by atoms with Crippen LogP contribution in [-0.4, -0.2) is 17.8 Å². The van der Waals surface area contributed by atoms with Crippen molar-refractivity contribution in [3.8, 4) is 11.5 Å². The van der Waals surface area contributed by atoms with Gasteiger partial charge in [0, 0.05) is 22.0 Å². The summed E-state index contributed by atoms with van der Waals surface area (Å²) in [6.45, 7) is 0. The van der Waals surface area contributed by atoms with Crippen LogP contribution in [0.15, 0.2) is 82.4 Å². The molecule has 0 saturated carbocycles. The molecule has 0 aliphatic carbocycles. The van der Waals surface area contributed by atoms with E-state index in [4.69, 9.17) is 14.6 Å². The van der Waals surface area contributed by atoms with Crippen molar-refractivity contribution in [2.45, 2.75) is 18.7 Å². The van der Waals surface area contributed by atoms with Gasteiger partial charge in [0.15, 0.2) is 0 Å². The summed E-state index contributed by atoms with van der Waals surface area (Å²) < 4.78 is 12.7. The minimum absolute atomic E-state index is 0.142. The molecule has 0 spiro atoms. The fraction of sp³-hybridized carbons (Fsp3) is 0.174. The van der Waals surface area contributed by atoms with Gasteiger partial charge in [-0.2, -0.15) is 5.10 Å². The standard InChI is InChI=1S/C23H19BrN2O2/c1-27-18-10-7-16(8-11-18)23-26-21(19-13-17(24)9-12-22(19)28-23)14-20(25-26)15-5-3-2-4-6-15/h2-13,21,23H,14H2,1H3/t21-,23+/m1/s1. The smallest absolute Gasteiger partial charge is 0.213 e. The summed E-state index contributed by atoms with van der Waals surface area (Å²) in [5.74, 6) is 1.74. The van der Waals surface area contributed by atoms with Gasteiger partial charge in [0.1, 0.15) is 11.5 Å². The summed E-state index contributed by atoms with van der Waals surface area (Å²) in [6.07, 6.45) is 0.578. The Morgan fingerprint density at radius 2 is 1.82 bits per heavy atom. The summed E-state index contributed by atoms with van der Waals surface area (Å²) in [5.41, 5.74) is 4.45. The number of hydrogen-bond acceptors (Lipinski definition) is 4. The van der Waals surface area contributed by atoms with Gasteiger partial charge in [-0.05, 0) is 48.0 Å². The van der Waals surface area contributed by atoms with Gasteiger partial charge in [-0.25, -0.2) is 5.01 Å². The van der Waals surface area contributed by atoms with Crippen LogP contribution in [0.25, 0.3) is 0 Å². The lowest BCUT2D eigenvalue weighted by molar-refractivity contribution is -0.0191.